The van der Waals surface area contributed by atoms with Crippen molar-refractivity contribution >= 4 is 15.9 Å². The van der Waals surface area contributed by atoms with Crippen LogP contribution < -0.4 is 14.6 Å². The Labute approximate surface area is 145 Å². The minimum atomic E-state index is -6.16. The predicted molar refractivity (Wildman–Crippen MR) is 69.4 cm³/mol. The standard InChI is InChI=1S/C12H9F8NO5S/c13-10(14,11(15,16)17)3-4-26-8-2-1-6(22)5-7(8)9(23)21-27(24,25)12(18,19)20/h1-2,5,22H,3-4H2,(H,21,23)/p-1. The first-order valence-electron chi connectivity index (χ1n) is 6.50. The lowest BCUT2D eigenvalue weighted by molar-refractivity contribution is -0.285. The Morgan fingerprint density at radius 1 is 1.07 bits per heavy atom. The van der Waals surface area contributed by atoms with Gasteiger partial charge in [-0.05, 0) is 6.07 Å². The van der Waals surface area contributed by atoms with Crippen molar-refractivity contribution in [3.63, 3.8) is 0 Å². The molecular formula is C12H8F8NO5S-. The molecule has 6 nitrogen and oxygen atoms in total. The first-order valence-corrected chi connectivity index (χ1v) is 7.98. The van der Waals surface area contributed by atoms with Crippen LogP contribution in [0.5, 0.6) is 11.5 Å². The van der Waals surface area contributed by atoms with Crippen LogP contribution in [-0.2, 0) is 10.0 Å². The number of nitrogens with one attached hydrogen (secondary N) is 1. The largest absolute Gasteiger partial charge is 0.872 e. The molecule has 1 aromatic rings. The van der Waals surface area contributed by atoms with E-state index in [1.54, 1.807) is 0 Å². The molecule has 0 aliphatic carbocycles. The van der Waals surface area contributed by atoms with Crippen LogP contribution >= 0.6 is 0 Å². The van der Waals surface area contributed by atoms with Gasteiger partial charge in [0, 0.05) is 0 Å². The second-order valence-electron chi connectivity index (χ2n) is 4.84. The first kappa shape index (κ1) is 22.7. The molecule has 0 heterocycles. The van der Waals surface area contributed by atoms with E-state index in [0.29, 0.717) is 22.9 Å². The molecule has 0 fully saturated rings. The van der Waals surface area contributed by atoms with Gasteiger partial charge in [-0.15, -0.1) is 5.75 Å². The number of sulfonamides is 1. The average molecular weight is 430 g/mol. The molecule has 0 aliphatic rings. The van der Waals surface area contributed by atoms with Gasteiger partial charge in [-0.1, -0.05) is 12.1 Å². The third-order valence-electron chi connectivity index (χ3n) is 2.82. The van der Waals surface area contributed by atoms with Crippen molar-refractivity contribution in [3.8, 4) is 11.5 Å². The Bertz CT molecular complexity index is 803. The van der Waals surface area contributed by atoms with Crippen LogP contribution in [0.2, 0.25) is 0 Å². The Kier molecular flexibility index (Phi) is 6.19. The lowest BCUT2D eigenvalue weighted by Gasteiger charge is -2.20. The summed E-state index contributed by atoms with van der Waals surface area (Å²) < 4.78 is 125. The summed E-state index contributed by atoms with van der Waals surface area (Å²) in [6, 6.07) is 1.58. The van der Waals surface area contributed by atoms with Crippen molar-refractivity contribution in [2.24, 2.45) is 0 Å². The predicted octanol–water partition coefficient (Wildman–Crippen LogP) is 2.31. The highest BCUT2D eigenvalue weighted by Crippen LogP contribution is 2.38. The molecule has 1 amide bonds. The molecule has 0 saturated heterocycles. The molecule has 1 aromatic carbocycles. The van der Waals surface area contributed by atoms with Gasteiger partial charge in [0.05, 0.1) is 18.6 Å². The fourth-order valence-corrected chi connectivity index (χ4v) is 1.95. The summed E-state index contributed by atoms with van der Waals surface area (Å²) in [5.41, 5.74) is -6.99. The Morgan fingerprint density at radius 2 is 1.63 bits per heavy atom. The van der Waals surface area contributed by atoms with Crippen LogP contribution in [0.3, 0.4) is 0 Å². The van der Waals surface area contributed by atoms with Gasteiger partial charge in [0.15, 0.2) is 0 Å². The molecule has 0 bridgehead atoms. The molecule has 1 rings (SSSR count). The topological polar surface area (TPSA) is 95.5 Å². The van der Waals surface area contributed by atoms with Crippen molar-refractivity contribution in [2.45, 2.75) is 24.0 Å². The van der Waals surface area contributed by atoms with Gasteiger partial charge in [-0.25, -0.2) is 4.72 Å². The molecule has 0 aromatic heterocycles. The molecule has 0 aliphatic heterocycles. The second kappa shape index (κ2) is 7.36. The molecule has 1 N–H and O–H groups in total. The summed E-state index contributed by atoms with van der Waals surface area (Å²) in [5, 5.41) is 11.2. The molecule has 154 valence electrons. The van der Waals surface area contributed by atoms with E-state index in [1.165, 1.54) is 0 Å². The highest BCUT2D eigenvalue weighted by Gasteiger charge is 2.57. The van der Waals surface area contributed by atoms with Gasteiger partial charge in [0.1, 0.15) is 5.75 Å². The Morgan fingerprint density at radius 3 is 2.11 bits per heavy atom. The second-order valence-corrected chi connectivity index (χ2v) is 6.51. The summed E-state index contributed by atoms with van der Waals surface area (Å²) >= 11 is 0. The van der Waals surface area contributed by atoms with Crippen molar-refractivity contribution in [3.05, 3.63) is 23.8 Å². The Balaban J connectivity index is 3.01. The smallest absolute Gasteiger partial charge is 0.516 e. The molecule has 27 heavy (non-hydrogen) atoms. The number of carbonyl (C=O) groups excluding carboxylic acids is 1. The van der Waals surface area contributed by atoms with E-state index in [9.17, 15) is 53.4 Å². The third kappa shape index (κ3) is 5.58. The number of alkyl halides is 8. The minimum Gasteiger partial charge on any atom is -0.872 e. The van der Waals surface area contributed by atoms with E-state index < -0.39 is 63.6 Å². The number of carbonyl (C=O) groups is 1. The van der Waals surface area contributed by atoms with Gasteiger partial charge in [0.2, 0.25) is 0 Å². The average Bonchev–Trinajstić information content (AvgIpc) is 2.45. The van der Waals surface area contributed by atoms with Crippen molar-refractivity contribution in [2.75, 3.05) is 6.61 Å². The van der Waals surface area contributed by atoms with Crippen molar-refractivity contribution in [1.29, 1.82) is 0 Å². The zero-order chi connectivity index (χ0) is 21.3. The number of rotatable bonds is 6. The summed E-state index contributed by atoms with van der Waals surface area (Å²) in [6.45, 7) is -1.35. The molecule has 0 saturated carbocycles. The maximum Gasteiger partial charge on any atom is 0.516 e. The summed E-state index contributed by atoms with van der Waals surface area (Å²) in [5.74, 6) is -9.03. The molecule has 0 unspecified atom stereocenters. The normalized spacial score (nSPS) is 13.3. The Hall–Kier alpha value is -2.32. The molecule has 15 heteroatoms. The van der Waals surface area contributed by atoms with E-state index in [2.05, 4.69) is 4.74 Å². The van der Waals surface area contributed by atoms with Crippen LogP contribution in [0, 0.1) is 0 Å². The van der Waals surface area contributed by atoms with E-state index in [1.807, 2.05) is 0 Å². The number of hydrogen-bond acceptors (Lipinski definition) is 5. The van der Waals surface area contributed by atoms with E-state index in [-0.39, 0.29) is 0 Å². The maximum atomic E-state index is 12.8. The van der Waals surface area contributed by atoms with Crippen molar-refractivity contribution < 1.29 is 58.2 Å². The number of ether oxygens (including phenoxy) is 1. The monoisotopic (exact) mass is 430 g/mol. The lowest BCUT2D eigenvalue weighted by Crippen LogP contribution is -2.40. The number of hydrogen-bond donors (Lipinski definition) is 1. The SMILES string of the molecule is O=C(NS(=O)(=O)C(F)(F)F)c1cc([O-])ccc1OCCC(F)(F)C(F)(F)F. The van der Waals surface area contributed by atoms with E-state index in [0.717, 1.165) is 0 Å². The fraction of sp³-hybridized carbons (Fsp3) is 0.417. The zero-order valence-electron chi connectivity index (χ0n) is 12.6. The highest BCUT2D eigenvalue weighted by atomic mass is 32.2. The summed E-state index contributed by atoms with van der Waals surface area (Å²) in [4.78, 5) is 11.7. The lowest BCUT2D eigenvalue weighted by atomic mass is 10.2. The molecule has 0 radical (unpaired) electrons. The highest BCUT2D eigenvalue weighted by molar-refractivity contribution is 7.90. The van der Waals surface area contributed by atoms with Crippen LogP contribution in [0.15, 0.2) is 18.2 Å². The van der Waals surface area contributed by atoms with Crippen LogP contribution in [-0.4, -0.2) is 38.5 Å². The maximum absolute atomic E-state index is 12.8. The van der Waals surface area contributed by atoms with E-state index >= 15 is 0 Å². The van der Waals surface area contributed by atoms with Crippen LogP contribution in [0.25, 0.3) is 0 Å². The molecular weight excluding hydrogens is 422 g/mol. The number of benzene rings is 1. The fourth-order valence-electron chi connectivity index (χ4n) is 1.48. The first-order chi connectivity index (χ1) is 12.0. The number of halogens is 8. The quantitative estimate of drug-likeness (QED) is 0.699. The van der Waals surface area contributed by atoms with Gasteiger partial charge in [0.25, 0.3) is 5.91 Å². The minimum absolute atomic E-state index is 0.318. The third-order valence-corrected chi connectivity index (χ3v) is 3.88. The molecule has 0 spiro atoms. The van der Waals surface area contributed by atoms with Gasteiger partial charge in [-0.3, -0.25) is 4.79 Å². The van der Waals surface area contributed by atoms with Crippen molar-refractivity contribution in [1.82, 2.24) is 4.72 Å². The number of amides is 1. The summed E-state index contributed by atoms with van der Waals surface area (Å²) in [7, 11) is -6.16. The summed E-state index contributed by atoms with van der Waals surface area (Å²) in [6.07, 6.45) is -7.80. The molecule has 0 atom stereocenters. The van der Waals surface area contributed by atoms with Gasteiger partial charge >= 0.3 is 27.6 Å². The zero-order valence-corrected chi connectivity index (χ0v) is 13.4. The van der Waals surface area contributed by atoms with Crippen LogP contribution in [0.4, 0.5) is 35.1 Å². The van der Waals surface area contributed by atoms with Gasteiger partial charge < -0.3 is 9.84 Å². The van der Waals surface area contributed by atoms with E-state index in [4.69, 9.17) is 0 Å². The van der Waals surface area contributed by atoms with Gasteiger partial charge in [-0.2, -0.15) is 43.5 Å². The van der Waals surface area contributed by atoms with Crippen LogP contribution in [0.1, 0.15) is 16.8 Å².